The molecule has 2 aromatic rings. The van der Waals surface area contributed by atoms with Crippen LogP contribution in [0.5, 0.6) is 0 Å². The summed E-state index contributed by atoms with van der Waals surface area (Å²) in [6.07, 6.45) is 7.81. The van der Waals surface area contributed by atoms with Crippen molar-refractivity contribution in [2.24, 2.45) is 5.92 Å². The molecular weight excluding hydrogens is 314 g/mol. The average Bonchev–Trinajstić information content (AvgIpc) is 2.69. The quantitative estimate of drug-likeness (QED) is 0.758. The van der Waals surface area contributed by atoms with E-state index < -0.39 is 0 Å². The van der Waals surface area contributed by atoms with Gasteiger partial charge in [-0.25, -0.2) is 4.98 Å². The van der Waals surface area contributed by atoms with E-state index in [0.29, 0.717) is 6.54 Å². The molecule has 1 aromatic carbocycles. The van der Waals surface area contributed by atoms with Gasteiger partial charge in [0, 0.05) is 50.2 Å². The lowest BCUT2D eigenvalue weighted by Gasteiger charge is -2.31. The molecule has 6 nitrogen and oxygen atoms in total. The highest BCUT2D eigenvalue weighted by Gasteiger charge is 2.25. The Morgan fingerprint density at radius 2 is 1.92 bits per heavy atom. The molecule has 1 saturated heterocycles. The van der Waals surface area contributed by atoms with Crippen LogP contribution in [0.15, 0.2) is 48.9 Å². The van der Waals surface area contributed by atoms with E-state index in [-0.39, 0.29) is 11.8 Å². The van der Waals surface area contributed by atoms with Gasteiger partial charge >= 0.3 is 0 Å². The lowest BCUT2D eigenvalue weighted by Crippen LogP contribution is -2.41. The van der Waals surface area contributed by atoms with E-state index in [4.69, 9.17) is 0 Å². The molecule has 0 unspecified atom stereocenters. The number of piperidine rings is 1. The molecule has 0 radical (unpaired) electrons. The number of amides is 1. The summed E-state index contributed by atoms with van der Waals surface area (Å²) in [5.74, 6) is 1.18. The lowest BCUT2D eigenvalue weighted by atomic mass is 9.96. The molecule has 0 saturated carbocycles. The lowest BCUT2D eigenvalue weighted by molar-refractivity contribution is -0.125. The zero-order valence-electron chi connectivity index (χ0n) is 14.4. The van der Waals surface area contributed by atoms with E-state index in [9.17, 15) is 4.79 Å². The Kier molecular flexibility index (Phi) is 6.20. The number of nitrogens with zero attached hydrogens (tertiary/aromatic N) is 3. The van der Waals surface area contributed by atoms with Gasteiger partial charge in [-0.05, 0) is 31.4 Å². The number of rotatable bonds is 7. The van der Waals surface area contributed by atoms with E-state index in [2.05, 4.69) is 25.5 Å². The van der Waals surface area contributed by atoms with Crippen LogP contribution in [0.25, 0.3) is 0 Å². The van der Waals surface area contributed by atoms with Crippen molar-refractivity contribution in [2.75, 3.05) is 36.4 Å². The Hall–Kier alpha value is -2.63. The molecular formula is C19H25N5O. The summed E-state index contributed by atoms with van der Waals surface area (Å²) in [6, 6.07) is 10.1. The highest BCUT2D eigenvalue weighted by molar-refractivity contribution is 5.78. The van der Waals surface area contributed by atoms with Gasteiger partial charge in [0.25, 0.3) is 0 Å². The van der Waals surface area contributed by atoms with Crippen LogP contribution in [0, 0.1) is 5.92 Å². The summed E-state index contributed by atoms with van der Waals surface area (Å²) in [4.78, 5) is 22.9. The van der Waals surface area contributed by atoms with Gasteiger partial charge in [0.05, 0.1) is 6.20 Å². The second-order valence-electron chi connectivity index (χ2n) is 6.26. The minimum atomic E-state index is 0.106. The maximum Gasteiger partial charge on any atom is 0.223 e. The average molecular weight is 339 g/mol. The molecule has 1 aliphatic heterocycles. The molecule has 3 rings (SSSR count). The number of aromatic nitrogens is 2. The number of hydrogen-bond acceptors (Lipinski definition) is 5. The van der Waals surface area contributed by atoms with Gasteiger partial charge in [0.2, 0.25) is 5.91 Å². The van der Waals surface area contributed by atoms with Crippen LogP contribution in [-0.4, -0.2) is 42.1 Å². The first-order valence-electron chi connectivity index (χ1n) is 8.90. The fourth-order valence-corrected chi connectivity index (χ4v) is 3.06. The molecule has 0 aliphatic carbocycles. The molecule has 2 heterocycles. The van der Waals surface area contributed by atoms with Crippen LogP contribution in [0.4, 0.5) is 11.5 Å². The smallest absolute Gasteiger partial charge is 0.223 e. The summed E-state index contributed by atoms with van der Waals surface area (Å²) >= 11 is 0. The minimum Gasteiger partial charge on any atom is -0.385 e. The molecule has 0 bridgehead atoms. The maximum absolute atomic E-state index is 12.3. The van der Waals surface area contributed by atoms with E-state index in [1.165, 1.54) is 0 Å². The first-order valence-corrected chi connectivity index (χ1v) is 8.90. The van der Waals surface area contributed by atoms with Crippen molar-refractivity contribution in [1.82, 2.24) is 15.3 Å². The Bertz CT molecular complexity index is 641. The van der Waals surface area contributed by atoms with E-state index in [1.54, 1.807) is 18.6 Å². The molecule has 0 atom stereocenters. The Labute approximate surface area is 148 Å². The van der Waals surface area contributed by atoms with Gasteiger partial charge in [-0.1, -0.05) is 18.2 Å². The van der Waals surface area contributed by atoms with E-state index in [0.717, 1.165) is 50.4 Å². The van der Waals surface area contributed by atoms with Crippen LogP contribution in [-0.2, 0) is 4.79 Å². The monoisotopic (exact) mass is 339 g/mol. The van der Waals surface area contributed by atoms with Crippen LogP contribution in [0.2, 0.25) is 0 Å². The van der Waals surface area contributed by atoms with Crippen molar-refractivity contribution in [2.45, 2.75) is 19.3 Å². The van der Waals surface area contributed by atoms with Gasteiger partial charge in [0.15, 0.2) is 0 Å². The first kappa shape index (κ1) is 17.2. The van der Waals surface area contributed by atoms with Gasteiger partial charge in [-0.2, -0.15) is 0 Å². The number of carbonyl (C=O) groups excluding carboxylic acids is 1. The third-order valence-electron chi connectivity index (χ3n) is 4.49. The predicted octanol–water partition coefficient (Wildman–Crippen LogP) is 2.31. The molecule has 1 fully saturated rings. The molecule has 1 amide bonds. The summed E-state index contributed by atoms with van der Waals surface area (Å²) in [6.45, 7) is 3.27. The summed E-state index contributed by atoms with van der Waals surface area (Å²) in [7, 11) is 0. The van der Waals surface area contributed by atoms with Crippen LogP contribution >= 0.6 is 0 Å². The highest BCUT2D eigenvalue weighted by atomic mass is 16.1. The van der Waals surface area contributed by atoms with Crippen molar-refractivity contribution in [3.05, 3.63) is 48.9 Å². The SMILES string of the molecule is O=C(NCCCNc1ccccc1)C1CCN(c2cnccn2)CC1. The van der Waals surface area contributed by atoms with Crippen molar-refractivity contribution in [3.63, 3.8) is 0 Å². The molecule has 1 aromatic heterocycles. The van der Waals surface area contributed by atoms with Gasteiger partial charge in [-0.15, -0.1) is 0 Å². The Morgan fingerprint density at radius 3 is 2.64 bits per heavy atom. The van der Waals surface area contributed by atoms with Crippen molar-refractivity contribution in [1.29, 1.82) is 0 Å². The summed E-state index contributed by atoms with van der Waals surface area (Å²) < 4.78 is 0. The fourth-order valence-electron chi connectivity index (χ4n) is 3.06. The first-order chi connectivity index (χ1) is 12.3. The minimum absolute atomic E-state index is 0.106. The van der Waals surface area contributed by atoms with Gasteiger partial charge in [-0.3, -0.25) is 9.78 Å². The molecule has 2 N–H and O–H groups in total. The maximum atomic E-state index is 12.3. The highest BCUT2D eigenvalue weighted by Crippen LogP contribution is 2.21. The molecule has 25 heavy (non-hydrogen) atoms. The third-order valence-corrected chi connectivity index (χ3v) is 4.49. The molecule has 0 spiro atoms. The number of anilines is 2. The fraction of sp³-hybridized carbons (Fsp3) is 0.421. The molecule has 132 valence electrons. The Morgan fingerprint density at radius 1 is 1.12 bits per heavy atom. The molecule has 1 aliphatic rings. The number of carbonyl (C=O) groups is 1. The van der Waals surface area contributed by atoms with Crippen LogP contribution < -0.4 is 15.5 Å². The van der Waals surface area contributed by atoms with Gasteiger partial charge < -0.3 is 15.5 Å². The summed E-state index contributed by atoms with van der Waals surface area (Å²) in [5, 5.41) is 6.42. The Balaban J connectivity index is 1.31. The van der Waals surface area contributed by atoms with Gasteiger partial charge in [0.1, 0.15) is 5.82 Å². The van der Waals surface area contributed by atoms with Crippen molar-refractivity contribution >= 4 is 17.4 Å². The van der Waals surface area contributed by atoms with E-state index >= 15 is 0 Å². The normalized spacial score (nSPS) is 15.0. The third kappa shape index (κ3) is 5.17. The standard InChI is InChI=1S/C19H25N5O/c25-19(23-10-4-9-21-17-5-2-1-3-6-17)16-7-13-24(14-8-16)18-15-20-11-12-22-18/h1-3,5-6,11-12,15-16,21H,4,7-10,13-14H2,(H,23,25). The topological polar surface area (TPSA) is 70.2 Å². The zero-order valence-corrected chi connectivity index (χ0v) is 14.4. The number of hydrogen-bond donors (Lipinski definition) is 2. The largest absolute Gasteiger partial charge is 0.385 e. The number of benzene rings is 1. The number of para-hydroxylation sites is 1. The zero-order chi connectivity index (χ0) is 17.3. The predicted molar refractivity (Wildman–Crippen MR) is 99.5 cm³/mol. The number of nitrogens with one attached hydrogen (secondary N) is 2. The van der Waals surface area contributed by atoms with Crippen molar-refractivity contribution < 1.29 is 4.79 Å². The molecule has 6 heteroatoms. The second kappa shape index (κ2) is 9.01. The van der Waals surface area contributed by atoms with E-state index in [1.807, 2.05) is 30.3 Å². The van der Waals surface area contributed by atoms with Crippen molar-refractivity contribution in [3.8, 4) is 0 Å². The second-order valence-corrected chi connectivity index (χ2v) is 6.26. The summed E-state index contributed by atoms with van der Waals surface area (Å²) in [5.41, 5.74) is 1.12. The van der Waals surface area contributed by atoms with Crippen LogP contribution in [0.1, 0.15) is 19.3 Å². The van der Waals surface area contributed by atoms with Crippen LogP contribution in [0.3, 0.4) is 0 Å².